The van der Waals surface area contributed by atoms with Crippen LogP contribution in [0.15, 0.2) is 24.5 Å². The first-order valence-corrected chi connectivity index (χ1v) is 4.60. The first kappa shape index (κ1) is 9.18. The maximum Gasteiger partial charge on any atom is 0.137 e. The van der Waals surface area contributed by atoms with Gasteiger partial charge in [-0.25, -0.2) is 4.98 Å². The van der Waals surface area contributed by atoms with Gasteiger partial charge in [0, 0.05) is 30.7 Å². The quantitative estimate of drug-likeness (QED) is 0.658. The number of aromatic amines is 1. The molecule has 1 unspecified atom stereocenters. The Morgan fingerprint density at radius 1 is 1.57 bits per heavy atom. The Hall–Kier alpha value is -1.39. The van der Waals surface area contributed by atoms with Crippen LogP contribution in [0.4, 0.5) is 0 Å². The van der Waals surface area contributed by atoms with Crippen molar-refractivity contribution in [2.24, 2.45) is 5.73 Å². The van der Waals surface area contributed by atoms with Gasteiger partial charge in [0.15, 0.2) is 0 Å². The van der Waals surface area contributed by atoms with E-state index in [0.29, 0.717) is 6.42 Å². The summed E-state index contributed by atoms with van der Waals surface area (Å²) >= 11 is 0. The number of H-pyrrole nitrogens is 1. The number of hydrogen-bond donors (Lipinski definition) is 3. The van der Waals surface area contributed by atoms with E-state index >= 15 is 0 Å². The molecule has 0 radical (unpaired) electrons. The number of pyridine rings is 1. The van der Waals surface area contributed by atoms with Crippen molar-refractivity contribution in [1.82, 2.24) is 9.97 Å². The Labute approximate surface area is 81.8 Å². The second-order valence-corrected chi connectivity index (χ2v) is 3.31. The van der Waals surface area contributed by atoms with Gasteiger partial charge in [-0.15, -0.1) is 0 Å². The Kier molecular flexibility index (Phi) is 2.47. The second kappa shape index (κ2) is 3.77. The summed E-state index contributed by atoms with van der Waals surface area (Å²) in [7, 11) is 0. The summed E-state index contributed by atoms with van der Waals surface area (Å²) in [6, 6.07) is 3.87. The van der Waals surface area contributed by atoms with E-state index < -0.39 is 6.10 Å². The predicted octanol–water partition coefficient (Wildman–Crippen LogP) is 0.425. The minimum absolute atomic E-state index is 0.285. The van der Waals surface area contributed by atoms with Crippen molar-refractivity contribution in [2.45, 2.75) is 12.5 Å². The van der Waals surface area contributed by atoms with E-state index in [4.69, 9.17) is 5.73 Å². The third-order valence-electron chi connectivity index (χ3n) is 2.26. The molecule has 1 atom stereocenters. The largest absolute Gasteiger partial charge is 0.391 e. The molecular formula is C10H13N3O. The SMILES string of the molecule is NCC(O)Cc1c[nH]c2ncccc12. The van der Waals surface area contributed by atoms with Crippen molar-refractivity contribution in [1.29, 1.82) is 0 Å². The number of nitrogens with two attached hydrogens (primary N) is 1. The van der Waals surface area contributed by atoms with Gasteiger partial charge in [-0.3, -0.25) is 0 Å². The van der Waals surface area contributed by atoms with Crippen LogP contribution < -0.4 is 5.73 Å². The van der Waals surface area contributed by atoms with Crippen molar-refractivity contribution < 1.29 is 5.11 Å². The van der Waals surface area contributed by atoms with Crippen molar-refractivity contribution in [3.8, 4) is 0 Å². The summed E-state index contributed by atoms with van der Waals surface area (Å²) in [5.41, 5.74) is 7.27. The molecule has 2 heterocycles. The molecule has 2 aromatic rings. The van der Waals surface area contributed by atoms with Gasteiger partial charge in [0.2, 0.25) is 0 Å². The Balaban J connectivity index is 2.33. The predicted molar refractivity (Wildman–Crippen MR) is 54.9 cm³/mol. The number of fused-ring (bicyclic) bond motifs is 1. The van der Waals surface area contributed by atoms with E-state index in [9.17, 15) is 5.11 Å². The molecule has 2 rings (SSSR count). The highest BCUT2D eigenvalue weighted by atomic mass is 16.3. The average molecular weight is 191 g/mol. The van der Waals surface area contributed by atoms with Crippen LogP contribution >= 0.6 is 0 Å². The smallest absolute Gasteiger partial charge is 0.137 e. The molecule has 0 fully saturated rings. The van der Waals surface area contributed by atoms with Gasteiger partial charge in [0.1, 0.15) is 5.65 Å². The summed E-state index contributed by atoms with van der Waals surface area (Å²) in [5.74, 6) is 0. The highest BCUT2D eigenvalue weighted by Crippen LogP contribution is 2.16. The molecule has 0 aliphatic carbocycles. The standard InChI is InChI=1S/C10H13N3O/c11-5-8(14)4-7-6-13-10-9(7)2-1-3-12-10/h1-3,6,8,14H,4-5,11H2,(H,12,13). The lowest BCUT2D eigenvalue weighted by Gasteiger charge is -2.05. The monoisotopic (exact) mass is 191 g/mol. The van der Waals surface area contributed by atoms with Crippen LogP contribution in [0.3, 0.4) is 0 Å². The number of hydrogen-bond acceptors (Lipinski definition) is 3. The fourth-order valence-electron chi connectivity index (χ4n) is 1.52. The fraction of sp³-hybridized carbons (Fsp3) is 0.300. The first-order chi connectivity index (χ1) is 6.81. The lowest BCUT2D eigenvalue weighted by atomic mass is 10.1. The fourth-order valence-corrected chi connectivity index (χ4v) is 1.52. The Morgan fingerprint density at radius 2 is 2.43 bits per heavy atom. The molecule has 0 saturated heterocycles. The van der Waals surface area contributed by atoms with E-state index in [1.54, 1.807) is 6.20 Å². The number of rotatable bonds is 3. The molecule has 0 aliphatic heterocycles. The molecule has 0 aliphatic rings. The van der Waals surface area contributed by atoms with Gasteiger partial charge < -0.3 is 15.8 Å². The highest BCUT2D eigenvalue weighted by Gasteiger charge is 2.08. The molecule has 0 amide bonds. The van der Waals surface area contributed by atoms with E-state index in [0.717, 1.165) is 16.6 Å². The summed E-state index contributed by atoms with van der Waals surface area (Å²) < 4.78 is 0. The van der Waals surface area contributed by atoms with Crippen molar-refractivity contribution >= 4 is 11.0 Å². The molecule has 14 heavy (non-hydrogen) atoms. The van der Waals surface area contributed by atoms with Crippen LogP contribution in [-0.2, 0) is 6.42 Å². The van der Waals surface area contributed by atoms with Crippen LogP contribution in [-0.4, -0.2) is 27.7 Å². The number of nitrogens with zero attached hydrogens (tertiary/aromatic N) is 1. The zero-order chi connectivity index (χ0) is 9.97. The van der Waals surface area contributed by atoms with Gasteiger partial charge in [0.25, 0.3) is 0 Å². The first-order valence-electron chi connectivity index (χ1n) is 4.60. The number of aromatic nitrogens is 2. The minimum atomic E-state index is -0.478. The van der Waals surface area contributed by atoms with Crippen LogP contribution in [0.25, 0.3) is 11.0 Å². The number of nitrogens with one attached hydrogen (secondary N) is 1. The Morgan fingerprint density at radius 3 is 3.21 bits per heavy atom. The summed E-state index contributed by atoms with van der Waals surface area (Å²) in [5, 5.41) is 10.5. The second-order valence-electron chi connectivity index (χ2n) is 3.31. The van der Waals surface area contributed by atoms with E-state index in [2.05, 4.69) is 9.97 Å². The molecule has 0 saturated carbocycles. The summed E-state index contributed by atoms with van der Waals surface area (Å²) in [4.78, 5) is 7.22. The number of aliphatic hydroxyl groups excluding tert-OH is 1. The summed E-state index contributed by atoms with van der Waals surface area (Å²) in [6.07, 6.45) is 3.70. The number of aliphatic hydroxyl groups is 1. The molecule has 0 aromatic carbocycles. The van der Waals surface area contributed by atoms with Gasteiger partial charge in [0.05, 0.1) is 6.10 Å². The molecule has 4 heteroatoms. The van der Waals surface area contributed by atoms with Gasteiger partial charge in [-0.2, -0.15) is 0 Å². The van der Waals surface area contributed by atoms with Crippen LogP contribution in [0.1, 0.15) is 5.56 Å². The average Bonchev–Trinajstić information content (AvgIpc) is 2.62. The molecule has 4 N–H and O–H groups in total. The van der Waals surface area contributed by atoms with Crippen LogP contribution in [0.5, 0.6) is 0 Å². The zero-order valence-electron chi connectivity index (χ0n) is 7.77. The third kappa shape index (κ3) is 1.62. The van der Waals surface area contributed by atoms with Gasteiger partial charge in [-0.1, -0.05) is 0 Å². The highest BCUT2D eigenvalue weighted by molar-refractivity contribution is 5.79. The topological polar surface area (TPSA) is 74.9 Å². The molecule has 0 spiro atoms. The van der Waals surface area contributed by atoms with Gasteiger partial charge in [-0.05, 0) is 17.7 Å². The molecule has 4 nitrogen and oxygen atoms in total. The maximum atomic E-state index is 9.43. The maximum absolute atomic E-state index is 9.43. The van der Waals surface area contributed by atoms with E-state index in [1.165, 1.54) is 0 Å². The van der Waals surface area contributed by atoms with Crippen LogP contribution in [0.2, 0.25) is 0 Å². The normalized spacial score (nSPS) is 13.3. The van der Waals surface area contributed by atoms with E-state index in [-0.39, 0.29) is 6.54 Å². The third-order valence-corrected chi connectivity index (χ3v) is 2.26. The molecule has 2 aromatic heterocycles. The summed E-state index contributed by atoms with van der Waals surface area (Å²) in [6.45, 7) is 0.285. The molecule has 74 valence electrons. The van der Waals surface area contributed by atoms with E-state index in [1.807, 2.05) is 18.3 Å². The van der Waals surface area contributed by atoms with Crippen molar-refractivity contribution in [3.63, 3.8) is 0 Å². The van der Waals surface area contributed by atoms with Gasteiger partial charge >= 0.3 is 0 Å². The van der Waals surface area contributed by atoms with Crippen molar-refractivity contribution in [3.05, 3.63) is 30.1 Å². The minimum Gasteiger partial charge on any atom is -0.391 e. The molecular weight excluding hydrogens is 178 g/mol. The Bertz CT molecular complexity index is 424. The van der Waals surface area contributed by atoms with Crippen molar-refractivity contribution in [2.75, 3.05) is 6.54 Å². The lowest BCUT2D eigenvalue weighted by molar-refractivity contribution is 0.184. The molecule has 0 bridgehead atoms. The lowest BCUT2D eigenvalue weighted by Crippen LogP contribution is -2.21. The zero-order valence-corrected chi connectivity index (χ0v) is 7.77. The van der Waals surface area contributed by atoms with Crippen LogP contribution in [0, 0.1) is 0 Å².